The van der Waals surface area contributed by atoms with Gasteiger partial charge in [-0.3, -0.25) is 0 Å². The molecule has 2 heterocycles. The normalized spacial score (nSPS) is 20.2. The van der Waals surface area contributed by atoms with Gasteiger partial charge in [-0.25, -0.2) is 0 Å². The van der Waals surface area contributed by atoms with Crippen LogP contribution in [0.5, 0.6) is 0 Å². The molecule has 0 amide bonds. The lowest BCUT2D eigenvalue weighted by Crippen LogP contribution is -2.28. The van der Waals surface area contributed by atoms with E-state index in [0.29, 0.717) is 11.2 Å². The van der Waals surface area contributed by atoms with Crippen molar-refractivity contribution in [1.82, 2.24) is 0 Å². The van der Waals surface area contributed by atoms with Gasteiger partial charge < -0.3 is 9.32 Å². The van der Waals surface area contributed by atoms with Crippen LogP contribution in [-0.2, 0) is 5.41 Å². The van der Waals surface area contributed by atoms with E-state index in [1.165, 1.54) is 60.0 Å². The van der Waals surface area contributed by atoms with Crippen LogP contribution in [-0.4, -0.2) is 5.25 Å². The molecule has 0 saturated carbocycles. The van der Waals surface area contributed by atoms with Crippen LogP contribution < -0.4 is 4.90 Å². The molecule has 0 bridgehead atoms. The Balaban J connectivity index is 1.01. The Hall–Kier alpha value is -6.03. The highest BCUT2D eigenvalue weighted by Gasteiger charge is 2.42. The summed E-state index contributed by atoms with van der Waals surface area (Å²) in [5, 5.41) is 7.84. The van der Waals surface area contributed by atoms with Crippen LogP contribution >= 0.6 is 11.8 Å². The number of para-hydroxylation sites is 1. The van der Waals surface area contributed by atoms with E-state index in [1.807, 2.05) is 17.8 Å². The zero-order chi connectivity index (χ0) is 36.7. The molecule has 7 aromatic carbocycles. The largest absolute Gasteiger partial charge is 0.456 e. The maximum absolute atomic E-state index is 6.45. The molecule has 0 radical (unpaired) electrons. The van der Waals surface area contributed by atoms with E-state index in [9.17, 15) is 0 Å². The van der Waals surface area contributed by atoms with Crippen molar-refractivity contribution in [2.24, 2.45) is 5.92 Å². The van der Waals surface area contributed by atoms with Gasteiger partial charge in [0.2, 0.25) is 0 Å². The van der Waals surface area contributed by atoms with Gasteiger partial charge in [0.25, 0.3) is 0 Å². The predicted molar refractivity (Wildman–Crippen MR) is 234 cm³/mol. The summed E-state index contributed by atoms with van der Waals surface area (Å²) in [6.07, 6.45) is 15.0. The Labute approximate surface area is 325 Å². The number of hydrogen-bond donors (Lipinski definition) is 0. The SMILES string of the molecule is CC1C=C(N(c2ccc3c(c2)SC2C=CC=CC32C)c2ccc3c(c2)oc2ccccc23)C=C(c2ccc(-c3cc4ccccc4c4ccccc34)cc2)C1. The van der Waals surface area contributed by atoms with E-state index >= 15 is 0 Å². The minimum Gasteiger partial charge on any atom is -0.456 e. The number of fused-ring (bicyclic) bond motifs is 9. The van der Waals surface area contributed by atoms with Crippen LogP contribution in [0.25, 0.3) is 60.2 Å². The topological polar surface area (TPSA) is 16.4 Å². The molecule has 3 atom stereocenters. The molecular formula is C52H39NOS. The lowest BCUT2D eigenvalue weighted by molar-refractivity contribution is 0.620. The van der Waals surface area contributed by atoms with Gasteiger partial charge in [0, 0.05) is 49.5 Å². The third-order valence-electron chi connectivity index (χ3n) is 12.0. The summed E-state index contributed by atoms with van der Waals surface area (Å²) in [5.74, 6) is 0.359. The average molecular weight is 726 g/mol. The highest BCUT2D eigenvalue weighted by molar-refractivity contribution is 8.00. The van der Waals surface area contributed by atoms with Gasteiger partial charge in [0.05, 0.1) is 0 Å². The molecule has 1 aliphatic heterocycles. The van der Waals surface area contributed by atoms with Gasteiger partial charge >= 0.3 is 0 Å². The highest BCUT2D eigenvalue weighted by Crippen LogP contribution is 2.53. The molecule has 0 fully saturated rings. The number of benzene rings is 7. The van der Waals surface area contributed by atoms with Crippen LogP contribution in [0.3, 0.4) is 0 Å². The van der Waals surface area contributed by atoms with Crippen molar-refractivity contribution in [2.75, 3.05) is 4.90 Å². The number of anilines is 2. The highest BCUT2D eigenvalue weighted by atomic mass is 32.2. The molecule has 0 saturated heterocycles. The second-order valence-corrected chi connectivity index (χ2v) is 16.8. The summed E-state index contributed by atoms with van der Waals surface area (Å²) in [6.45, 7) is 4.71. The molecule has 264 valence electrons. The van der Waals surface area contributed by atoms with Gasteiger partial charge in [0.1, 0.15) is 11.2 Å². The molecule has 11 rings (SSSR count). The molecule has 8 aromatic rings. The maximum atomic E-state index is 6.45. The fourth-order valence-electron chi connectivity index (χ4n) is 9.23. The fourth-order valence-corrected chi connectivity index (χ4v) is 10.7. The van der Waals surface area contributed by atoms with E-state index in [0.717, 1.165) is 39.7 Å². The molecular weight excluding hydrogens is 687 g/mol. The van der Waals surface area contributed by atoms with Gasteiger partial charge in [-0.15, -0.1) is 11.8 Å². The lowest BCUT2D eigenvalue weighted by atomic mass is 9.77. The smallest absolute Gasteiger partial charge is 0.137 e. The fraction of sp³-hybridized carbons (Fsp3) is 0.115. The molecule has 55 heavy (non-hydrogen) atoms. The third kappa shape index (κ3) is 5.25. The molecule has 3 heteroatoms. The first-order chi connectivity index (χ1) is 27.0. The van der Waals surface area contributed by atoms with Crippen LogP contribution in [0.2, 0.25) is 0 Å². The summed E-state index contributed by atoms with van der Waals surface area (Å²) in [5.41, 5.74) is 11.8. The Morgan fingerprint density at radius 2 is 1.36 bits per heavy atom. The number of nitrogens with zero attached hydrogens (tertiary/aromatic N) is 1. The lowest BCUT2D eigenvalue weighted by Gasteiger charge is -2.31. The average Bonchev–Trinajstić information content (AvgIpc) is 3.74. The molecule has 1 aromatic heterocycles. The Kier molecular flexibility index (Phi) is 7.37. The number of furan rings is 1. The van der Waals surface area contributed by atoms with Crippen molar-refractivity contribution >= 4 is 72.2 Å². The summed E-state index contributed by atoms with van der Waals surface area (Å²) in [7, 11) is 0. The number of thioether (sulfide) groups is 1. The quantitative estimate of drug-likeness (QED) is 0.164. The first-order valence-corrected chi connectivity index (χ1v) is 20.2. The zero-order valence-electron chi connectivity index (χ0n) is 30.9. The Morgan fingerprint density at radius 1 is 0.655 bits per heavy atom. The van der Waals surface area contributed by atoms with E-state index in [-0.39, 0.29) is 5.41 Å². The van der Waals surface area contributed by atoms with E-state index in [2.05, 4.69) is 189 Å². The van der Waals surface area contributed by atoms with Crippen LogP contribution in [0.15, 0.2) is 191 Å². The van der Waals surface area contributed by atoms with Crippen molar-refractivity contribution < 1.29 is 4.42 Å². The van der Waals surface area contributed by atoms with E-state index in [4.69, 9.17) is 4.42 Å². The van der Waals surface area contributed by atoms with Gasteiger partial charge in [-0.2, -0.15) is 0 Å². The second-order valence-electron chi connectivity index (χ2n) is 15.6. The molecule has 3 unspecified atom stereocenters. The maximum Gasteiger partial charge on any atom is 0.137 e. The van der Waals surface area contributed by atoms with Gasteiger partial charge in [0.15, 0.2) is 0 Å². The van der Waals surface area contributed by atoms with Gasteiger partial charge in [-0.05, 0) is 104 Å². The Bertz CT molecular complexity index is 2980. The molecule has 3 aliphatic rings. The molecule has 0 spiro atoms. The van der Waals surface area contributed by atoms with Crippen molar-refractivity contribution in [3.63, 3.8) is 0 Å². The van der Waals surface area contributed by atoms with Crippen molar-refractivity contribution in [1.29, 1.82) is 0 Å². The van der Waals surface area contributed by atoms with Gasteiger partial charge in [-0.1, -0.05) is 141 Å². The summed E-state index contributed by atoms with van der Waals surface area (Å²) in [6, 6.07) is 51.2. The van der Waals surface area contributed by atoms with E-state index < -0.39 is 0 Å². The summed E-state index contributed by atoms with van der Waals surface area (Å²) >= 11 is 1.98. The first kappa shape index (κ1) is 32.4. The predicted octanol–water partition coefficient (Wildman–Crippen LogP) is 14.6. The zero-order valence-corrected chi connectivity index (χ0v) is 31.7. The first-order valence-electron chi connectivity index (χ1n) is 19.3. The Morgan fingerprint density at radius 3 is 2.24 bits per heavy atom. The van der Waals surface area contributed by atoms with Crippen LogP contribution in [0.1, 0.15) is 31.4 Å². The molecule has 2 aliphatic carbocycles. The summed E-state index contributed by atoms with van der Waals surface area (Å²) in [4.78, 5) is 3.79. The van der Waals surface area contributed by atoms with Crippen molar-refractivity contribution in [3.05, 3.63) is 193 Å². The molecule has 0 N–H and O–H groups in total. The third-order valence-corrected chi connectivity index (χ3v) is 13.5. The minimum atomic E-state index is 0.00227. The monoisotopic (exact) mass is 725 g/mol. The van der Waals surface area contributed by atoms with Crippen molar-refractivity contribution in [3.8, 4) is 11.1 Å². The van der Waals surface area contributed by atoms with E-state index in [1.54, 1.807) is 0 Å². The molecule has 2 nitrogen and oxygen atoms in total. The minimum absolute atomic E-state index is 0.00227. The number of allylic oxidation sites excluding steroid dienone is 6. The standard InChI is InChI=1S/C52H39NOS/c1-33-27-37(34-18-20-35(21-19-34)46-30-36-11-3-4-12-41(36)42-13-5-6-14-43(42)46)29-40(28-33)53(38-22-24-45-44-15-7-8-16-48(44)54-49(45)31-38)39-23-25-47-50(32-39)55-51-17-9-10-26-52(47,51)2/h3-26,28-33,51H,27H2,1-2H3. The van der Waals surface area contributed by atoms with Crippen LogP contribution in [0.4, 0.5) is 11.4 Å². The number of rotatable bonds is 5. The van der Waals surface area contributed by atoms with Crippen molar-refractivity contribution in [2.45, 2.75) is 35.8 Å². The number of hydrogen-bond acceptors (Lipinski definition) is 3. The summed E-state index contributed by atoms with van der Waals surface area (Å²) < 4.78 is 6.45. The second kappa shape index (κ2) is 12.5. The van der Waals surface area contributed by atoms with Crippen LogP contribution in [0, 0.1) is 5.92 Å².